The van der Waals surface area contributed by atoms with E-state index in [2.05, 4.69) is 22.4 Å². The Balaban J connectivity index is 1.54. The fourth-order valence-electron chi connectivity index (χ4n) is 4.73. The van der Waals surface area contributed by atoms with Crippen LogP contribution in [0.3, 0.4) is 0 Å². The second-order valence-electron chi connectivity index (χ2n) is 7.80. The van der Waals surface area contributed by atoms with E-state index in [0.717, 1.165) is 22.0 Å². The van der Waals surface area contributed by atoms with Crippen molar-refractivity contribution in [1.29, 1.82) is 0 Å². The molecule has 3 aliphatic rings. The number of methoxy groups -OCH3 is 1. The number of nitrogens with one attached hydrogen (secondary N) is 1. The summed E-state index contributed by atoms with van der Waals surface area (Å²) in [5.74, 6) is 0.212. The van der Waals surface area contributed by atoms with Crippen molar-refractivity contribution in [1.82, 2.24) is 10.3 Å². The van der Waals surface area contributed by atoms with Gasteiger partial charge in [0.25, 0.3) is 0 Å². The second kappa shape index (κ2) is 7.37. The van der Waals surface area contributed by atoms with Gasteiger partial charge in [0.2, 0.25) is 0 Å². The SMILES string of the molecule is COC(=O)C1Sc2nccc3c2C1NC(=O)N3c1cccc(C2CCCCC2)c1. The standard InChI is InChI=1S/C22H23N3O3S/c1-28-21(26)19-18-17-16(10-11-23-20(17)29-19)25(22(27)24-18)15-9-5-8-14(12-15)13-6-3-2-4-7-13/h5,8-13,18-19H,2-4,6-7H2,1H3,(H,24,27). The van der Waals surface area contributed by atoms with E-state index < -0.39 is 11.3 Å². The smallest absolute Gasteiger partial charge is 0.327 e. The predicted octanol–water partition coefficient (Wildman–Crippen LogP) is 4.68. The number of carbonyl (C=O) groups excluding carboxylic acids is 2. The Morgan fingerprint density at radius 1 is 1.24 bits per heavy atom. The van der Waals surface area contributed by atoms with Gasteiger partial charge in [-0.1, -0.05) is 43.2 Å². The largest absolute Gasteiger partial charge is 0.468 e. The van der Waals surface area contributed by atoms with E-state index in [-0.39, 0.29) is 12.0 Å². The number of hydrogen-bond donors (Lipinski definition) is 1. The molecule has 0 radical (unpaired) electrons. The number of ether oxygens (including phenoxy) is 1. The van der Waals surface area contributed by atoms with Crippen LogP contribution in [-0.4, -0.2) is 29.3 Å². The van der Waals surface area contributed by atoms with Crippen LogP contribution in [0.25, 0.3) is 0 Å². The van der Waals surface area contributed by atoms with Crippen LogP contribution in [0.4, 0.5) is 16.2 Å². The number of aromatic nitrogens is 1. The number of pyridine rings is 1. The Labute approximate surface area is 174 Å². The summed E-state index contributed by atoms with van der Waals surface area (Å²) in [6.45, 7) is 0. The third-order valence-corrected chi connectivity index (χ3v) is 7.41. The minimum atomic E-state index is -0.511. The van der Waals surface area contributed by atoms with Crippen LogP contribution < -0.4 is 10.2 Å². The van der Waals surface area contributed by atoms with Crippen LogP contribution >= 0.6 is 11.8 Å². The van der Waals surface area contributed by atoms with Gasteiger partial charge in [-0.3, -0.25) is 9.69 Å². The molecule has 7 heteroatoms. The minimum Gasteiger partial charge on any atom is -0.468 e. The average Bonchev–Trinajstić information content (AvgIpc) is 3.13. The Kier molecular flexibility index (Phi) is 4.70. The van der Waals surface area contributed by atoms with Gasteiger partial charge in [-0.25, -0.2) is 9.78 Å². The molecule has 1 aromatic heterocycles. The molecule has 0 spiro atoms. The van der Waals surface area contributed by atoms with Crippen LogP contribution in [0.2, 0.25) is 0 Å². The van der Waals surface area contributed by atoms with Crippen molar-refractivity contribution in [2.45, 2.75) is 54.3 Å². The highest BCUT2D eigenvalue weighted by Crippen LogP contribution is 2.51. The third-order valence-electron chi connectivity index (χ3n) is 6.14. The van der Waals surface area contributed by atoms with Gasteiger partial charge in [0.15, 0.2) is 0 Å². The molecular weight excluding hydrogens is 386 g/mol. The molecule has 2 aliphatic heterocycles. The maximum Gasteiger partial charge on any atom is 0.327 e. The molecule has 1 aromatic carbocycles. The molecule has 5 rings (SSSR count). The first-order chi connectivity index (χ1) is 14.2. The average molecular weight is 410 g/mol. The van der Waals surface area contributed by atoms with E-state index in [9.17, 15) is 9.59 Å². The van der Waals surface area contributed by atoms with Crippen molar-refractivity contribution in [2.75, 3.05) is 12.0 Å². The number of anilines is 2. The Hall–Kier alpha value is -2.54. The summed E-state index contributed by atoms with van der Waals surface area (Å²) in [6, 6.07) is 9.53. The van der Waals surface area contributed by atoms with Crippen LogP contribution in [0.1, 0.15) is 55.2 Å². The van der Waals surface area contributed by atoms with E-state index in [1.54, 1.807) is 11.1 Å². The van der Waals surface area contributed by atoms with E-state index in [4.69, 9.17) is 4.74 Å². The van der Waals surface area contributed by atoms with E-state index in [1.165, 1.54) is 56.5 Å². The number of thioether (sulfide) groups is 1. The highest BCUT2D eigenvalue weighted by molar-refractivity contribution is 8.01. The summed E-state index contributed by atoms with van der Waals surface area (Å²) < 4.78 is 4.94. The van der Waals surface area contributed by atoms with Crippen molar-refractivity contribution >= 4 is 35.1 Å². The van der Waals surface area contributed by atoms with Crippen LogP contribution in [0.15, 0.2) is 41.6 Å². The van der Waals surface area contributed by atoms with Crippen molar-refractivity contribution in [3.8, 4) is 0 Å². The summed E-state index contributed by atoms with van der Waals surface area (Å²) in [7, 11) is 1.37. The fourth-order valence-corrected chi connectivity index (χ4v) is 5.98. The normalized spacial score (nSPS) is 23.5. The molecule has 1 saturated carbocycles. The molecular formula is C22H23N3O3S. The maximum absolute atomic E-state index is 13.1. The van der Waals surface area contributed by atoms with Crippen LogP contribution in [-0.2, 0) is 9.53 Å². The molecule has 1 fully saturated rings. The molecule has 1 aliphatic carbocycles. The number of carbonyl (C=O) groups is 2. The van der Waals surface area contributed by atoms with E-state index in [0.29, 0.717) is 5.92 Å². The van der Waals surface area contributed by atoms with Gasteiger partial charge in [-0.2, -0.15) is 0 Å². The Morgan fingerprint density at radius 3 is 2.86 bits per heavy atom. The number of benzene rings is 1. The number of hydrogen-bond acceptors (Lipinski definition) is 5. The van der Waals surface area contributed by atoms with Crippen molar-refractivity contribution in [3.05, 3.63) is 47.7 Å². The molecule has 6 nitrogen and oxygen atoms in total. The first-order valence-corrected chi connectivity index (χ1v) is 11.0. The summed E-state index contributed by atoms with van der Waals surface area (Å²) in [4.78, 5) is 31.5. The molecule has 2 unspecified atom stereocenters. The molecule has 3 heterocycles. The Morgan fingerprint density at radius 2 is 2.07 bits per heavy atom. The van der Waals surface area contributed by atoms with E-state index >= 15 is 0 Å². The lowest BCUT2D eigenvalue weighted by Crippen LogP contribution is -2.47. The number of esters is 1. The number of amides is 2. The highest BCUT2D eigenvalue weighted by Gasteiger charge is 2.47. The zero-order chi connectivity index (χ0) is 20.0. The first-order valence-electron chi connectivity index (χ1n) is 10.1. The second-order valence-corrected chi connectivity index (χ2v) is 8.93. The van der Waals surface area contributed by atoms with Gasteiger partial charge in [-0.05, 0) is 42.5 Å². The zero-order valence-electron chi connectivity index (χ0n) is 16.3. The van der Waals surface area contributed by atoms with Gasteiger partial charge >= 0.3 is 12.0 Å². The summed E-state index contributed by atoms with van der Waals surface area (Å²) in [6.07, 6.45) is 7.97. The topological polar surface area (TPSA) is 71.5 Å². The van der Waals surface area contributed by atoms with Crippen LogP contribution in [0, 0.1) is 0 Å². The van der Waals surface area contributed by atoms with Gasteiger partial charge in [0.1, 0.15) is 10.3 Å². The van der Waals surface area contributed by atoms with Crippen molar-refractivity contribution in [2.24, 2.45) is 0 Å². The Bertz CT molecular complexity index is 974. The van der Waals surface area contributed by atoms with Gasteiger partial charge < -0.3 is 10.1 Å². The first kappa shape index (κ1) is 18.5. The number of nitrogens with zero attached hydrogens (tertiary/aromatic N) is 2. The predicted molar refractivity (Wildman–Crippen MR) is 112 cm³/mol. The minimum absolute atomic E-state index is 0.225. The molecule has 29 heavy (non-hydrogen) atoms. The van der Waals surface area contributed by atoms with E-state index in [1.807, 2.05) is 18.2 Å². The molecule has 0 saturated heterocycles. The van der Waals surface area contributed by atoms with Crippen LogP contribution in [0.5, 0.6) is 0 Å². The summed E-state index contributed by atoms with van der Waals surface area (Å²) >= 11 is 1.35. The molecule has 0 bridgehead atoms. The molecule has 2 amide bonds. The lowest BCUT2D eigenvalue weighted by atomic mass is 9.84. The lowest BCUT2D eigenvalue weighted by molar-refractivity contribution is -0.140. The summed E-state index contributed by atoms with van der Waals surface area (Å²) in [5, 5.41) is 3.28. The quantitative estimate of drug-likeness (QED) is 0.746. The molecule has 2 aromatic rings. The lowest BCUT2D eigenvalue weighted by Gasteiger charge is -2.34. The zero-order valence-corrected chi connectivity index (χ0v) is 17.1. The maximum atomic E-state index is 13.1. The fraction of sp³-hybridized carbons (Fsp3) is 0.409. The summed E-state index contributed by atoms with van der Waals surface area (Å²) in [5.41, 5.74) is 3.84. The molecule has 150 valence electrons. The van der Waals surface area contributed by atoms with Gasteiger partial charge in [0, 0.05) is 11.8 Å². The third kappa shape index (κ3) is 3.08. The van der Waals surface area contributed by atoms with Gasteiger partial charge in [0.05, 0.1) is 24.5 Å². The molecule has 2 atom stereocenters. The highest BCUT2D eigenvalue weighted by atomic mass is 32.2. The number of urea groups is 1. The van der Waals surface area contributed by atoms with Gasteiger partial charge in [-0.15, -0.1) is 0 Å². The van der Waals surface area contributed by atoms with Crippen molar-refractivity contribution < 1.29 is 14.3 Å². The molecule has 1 N–H and O–H groups in total. The monoisotopic (exact) mass is 409 g/mol. The number of rotatable bonds is 3. The van der Waals surface area contributed by atoms with Crippen molar-refractivity contribution in [3.63, 3.8) is 0 Å².